The summed E-state index contributed by atoms with van der Waals surface area (Å²) < 4.78 is 2.62. The Kier molecular flexibility index (Phi) is 3.52. The zero-order valence-corrected chi connectivity index (χ0v) is 11.7. The second kappa shape index (κ2) is 4.94. The lowest BCUT2D eigenvalue weighted by Crippen LogP contribution is -1.99. The summed E-state index contributed by atoms with van der Waals surface area (Å²) in [6.07, 6.45) is 0.877. The van der Waals surface area contributed by atoms with Crippen LogP contribution in [0.25, 0.3) is 11.3 Å². The molecule has 1 aromatic carbocycles. The van der Waals surface area contributed by atoms with Crippen molar-refractivity contribution < 1.29 is 9.90 Å². The Morgan fingerprint density at radius 2 is 2.17 bits per heavy atom. The number of hydrogen-bond donors (Lipinski definition) is 1. The summed E-state index contributed by atoms with van der Waals surface area (Å²) in [6.45, 7) is 2.07. The largest absolute Gasteiger partial charge is 0.476 e. The first kappa shape index (κ1) is 12.8. The normalized spacial score (nSPS) is 10.6. The monoisotopic (exact) mass is 308 g/mol. The molecule has 0 aliphatic carbocycles. The molecule has 0 aliphatic heterocycles. The summed E-state index contributed by atoms with van der Waals surface area (Å²) in [7, 11) is 1.75. The van der Waals surface area contributed by atoms with Crippen molar-refractivity contribution in [2.75, 3.05) is 0 Å². The number of aromatic carboxylic acids is 1. The van der Waals surface area contributed by atoms with E-state index in [1.165, 1.54) is 0 Å². The maximum atomic E-state index is 10.9. The zero-order valence-electron chi connectivity index (χ0n) is 10.1. The zero-order chi connectivity index (χ0) is 13.3. The van der Waals surface area contributed by atoms with Gasteiger partial charge in [0, 0.05) is 17.1 Å². The molecule has 0 saturated heterocycles. The van der Waals surface area contributed by atoms with Gasteiger partial charge in [0.1, 0.15) is 0 Å². The molecule has 18 heavy (non-hydrogen) atoms. The topological polar surface area (TPSA) is 55.1 Å². The first-order chi connectivity index (χ1) is 8.52. The minimum atomic E-state index is -1.01. The van der Waals surface area contributed by atoms with E-state index in [9.17, 15) is 4.79 Å². The molecule has 94 valence electrons. The van der Waals surface area contributed by atoms with Crippen molar-refractivity contribution in [3.8, 4) is 11.3 Å². The molecule has 2 rings (SSSR count). The van der Waals surface area contributed by atoms with E-state index in [-0.39, 0.29) is 5.69 Å². The van der Waals surface area contributed by atoms with E-state index in [0.29, 0.717) is 0 Å². The summed E-state index contributed by atoms with van der Waals surface area (Å²) in [5, 5.41) is 12.9. The van der Waals surface area contributed by atoms with Crippen LogP contribution in [0.5, 0.6) is 0 Å². The molecule has 1 N–H and O–H groups in total. The number of halogens is 1. The Hall–Kier alpha value is -1.62. The molecule has 0 unspecified atom stereocenters. The Bertz CT molecular complexity index is 605. The molecule has 0 radical (unpaired) electrons. The van der Waals surface area contributed by atoms with E-state index in [1.54, 1.807) is 17.8 Å². The van der Waals surface area contributed by atoms with Crippen LogP contribution in [0, 0.1) is 0 Å². The van der Waals surface area contributed by atoms with Gasteiger partial charge in [0.05, 0.1) is 5.69 Å². The lowest BCUT2D eigenvalue weighted by Gasteiger charge is -2.08. The summed E-state index contributed by atoms with van der Waals surface area (Å²) in [5.74, 6) is -1.01. The van der Waals surface area contributed by atoms with E-state index >= 15 is 0 Å². The minimum absolute atomic E-state index is 0.0671. The Morgan fingerprint density at radius 3 is 2.72 bits per heavy atom. The van der Waals surface area contributed by atoms with Crippen LogP contribution in [-0.4, -0.2) is 20.9 Å². The highest BCUT2D eigenvalue weighted by atomic mass is 79.9. The molecule has 0 aliphatic rings. The number of benzene rings is 1. The Morgan fingerprint density at radius 1 is 1.44 bits per heavy atom. The SMILES string of the molecule is CCc1cc(Br)ccc1-c1cc(C(=O)O)nn1C. The first-order valence-corrected chi connectivity index (χ1v) is 6.38. The van der Waals surface area contributed by atoms with Crippen LogP contribution in [0.15, 0.2) is 28.7 Å². The molecule has 0 amide bonds. The minimum Gasteiger partial charge on any atom is -0.476 e. The number of carboxylic acid groups (broad SMARTS) is 1. The van der Waals surface area contributed by atoms with E-state index < -0.39 is 5.97 Å². The fourth-order valence-electron chi connectivity index (χ4n) is 1.93. The van der Waals surface area contributed by atoms with Gasteiger partial charge in [-0.3, -0.25) is 4.68 Å². The molecule has 2 aromatic rings. The molecule has 4 nitrogen and oxygen atoms in total. The number of hydrogen-bond acceptors (Lipinski definition) is 2. The summed E-state index contributed by atoms with van der Waals surface area (Å²) in [5.41, 5.74) is 3.06. The van der Waals surface area contributed by atoms with Gasteiger partial charge >= 0.3 is 5.97 Å². The van der Waals surface area contributed by atoms with Crippen LogP contribution in [0.3, 0.4) is 0 Å². The number of aromatic nitrogens is 2. The van der Waals surface area contributed by atoms with E-state index in [2.05, 4.69) is 28.0 Å². The Labute approximate surface area is 113 Å². The highest BCUT2D eigenvalue weighted by Gasteiger charge is 2.14. The van der Waals surface area contributed by atoms with Crippen LogP contribution in [0.2, 0.25) is 0 Å². The molecule has 5 heteroatoms. The standard InChI is InChI=1S/C13H13BrN2O2/c1-3-8-6-9(14)4-5-10(8)12-7-11(13(17)18)15-16(12)2/h4-7H,3H2,1-2H3,(H,17,18). The average Bonchev–Trinajstić information content (AvgIpc) is 2.71. The van der Waals surface area contributed by atoms with Gasteiger partial charge in [-0.25, -0.2) is 4.79 Å². The van der Waals surface area contributed by atoms with Gasteiger partial charge in [-0.2, -0.15) is 5.10 Å². The third-order valence-corrected chi connectivity index (χ3v) is 3.32. The van der Waals surface area contributed by atoms with Crippen molar-refractivity contribution >= 4 is 21.9 Å². The van der Waals surface area contributed by atoms with Gasteiger partial charge in [-0.05, 0) is 30.2 Å². The molecule has 0 saturated carbocycles. The van der Waals surface area contributed by atoms with Crippen molar-refractivity contribution in [1.82, 2.24) is 9.78 Å². The molecule has 1 aromatic heterocycles. The van der Waals surface area contributed by atoms with Crippen molar-refractivity contribution in [3.63, 3.8) is 0 Å². The second-order valence-corrected chi connectivity index (χ2v) is 4.91. The fourth-order valence-corrected chi connectivity index (χ4v) is 2.34. The van der Waals surface area contributed by atoms with Crippen LogP contribution in [0.4, 0.5) is 0 Å². The number of carboxylic acids is 1. The van der Waals surface area contributed by atoms with Crippen molar-refractivity contribution in [2.45, 2.75) is 13.3 Å². The average molecular weight is 309 g/mol. The highest BCUT2D eigenvalue weighted by molar-refractivity contribution is 9.10. The third-order valence-electron chi connectivity index (χ3n) is 2.82. The quantitative estimate of drug-likeness (QED) is 0.948. The van der Waals surface area contributed by atoms with Crippen LogP contribution in [-0.2, 0) is 13.5 Å². The summed E-state index contributed by atoms with van der Waals surface area (Å²) >= 11 is 3.44. The lowest BCUT2D eigenvalue weighted by molar-refractivity contribution is 0.0689. The summed E-state index contributed by atoms with van der Waals surface area (Å²) in [6, 6.07) is 7.57. The van der Waals surface area contributed by atoms with Gasteiger partial charge in [0.15, 0.2) is 5.69 Å². The predicted molar refractivity (Wildman–Crippen MR) is 72.7 cm³/mol. The molecular weight excluding hydrogens is 296 g/mol. The van der Waals surface area contributed by atoms with Crippen LogP contribution in [0.1, 0.15) is 23.0 Å². The maximum absolute atomic E-state index is 10.9. The van der Waals surface area contributed by atoms with Crippen molar-refractivity contribution in [3.05, 3.63) is 40.0 Å². The number of nitrogens with zero attached hydrogens (tertiary/aromatic N) is 2. The molecular formula is C13H13BrN2O2. The first-order valence-electron chi connectivity index (χ1n) is 5.59. The van der Waals surface area contributed by atoms with Crippen LogP contribution >= 0.6 is 15.9 Å². The van der Waals surface area contributed by atoms with Gasteiger partial charge in [-0.1, -0.05) is 28.9 Å². The third kappa shape index (κ3) is 2.31. The van der Waals surface area contributed by atoms with E-state index in [1.807, 2.05) is 18.2 Å². The molecule has 1 heterocycles. The number of aryl methyl sites for hydroxylation is 2. The molecule has 0 fully saturated rings. The van der Waals surface area contributed by atoms with Gasteiger partial charge in [0.2, 0.25) is 0 Å². The number of carbonyl (C=O) groups is 1. The highest BCUT2D eigenvalue weighted by Crippen LogP contribution is 2.27. The van der Waals surface area contributed by atoms with E-state index in [4.69, 9.17) is 5.11 Å². The van der Waals surface area contributed by atoms with Gasteiger partial charge in [-0.15, -0.1) is 0 Å². The maximum Gasteiger partial charge on any atom is 0.356 e. The lowest BCUT2D eigenvalue weighted by atomic mass is 10.0. The van der Waals surface area contributed by atoms with Crippen molar-refractivity contribution in [1.29, 1.82) is 0 Å². The second-order valence-electron chi connectivity index (χ2n) is 4.00. The molecule has 0 spiro atoms. The Balaban J connectivity index is 2.58. The molecule has 0 bridgehead atoms. The van der Waals surface area contributed by atoms with Crippen LogP contribution < -0.4 is 0 Å². The predicted octanol–water partition coefficient (Wildman–Crippen LogP) is 3.11. The number of rotatable bonds is 3. The van der Waals surface area contributed by atoms with E-state index in [0.717, 1.165) is 27.7 Å². The smallest absolute Gasteiger partial charge is 0.356 e. The van der Waals surface area contributed by atoms with Gasteiger partial charge < -0.3 is 5.11 Å². The van der Waals surface area contributed by atoms with Gasteiger partial charge in [0.25, 0.3) is 0 Å². The molecule has 0 atom stereocenters. The fraction of sp³-hybridized carbons (Fsp3) is 0.231. The summed E-state index contributed by atoms with van der Waals surface area (Å²) in [4.78, 5) is 10.9. The van der Waals surface area contributed by atoms with Crippen molar-refractivity contribution in [2.24, 2.45) is 7.05 Å².